The third kappa shape index (κ3) is 3.47. The number of hydrogen-bond acceptors (Lipinski definition) is 5. The SMILES string of the molecule is COc1ccc(CC(C)=O)cc1OC1CS(=O)(=O)C1. The van der Waals surface area contributed by atoms with Crippen LogP contribution in [0.4, 0.5) is 0 Å². The molecule has 1 aliphatic heterocycles. The molecule has 1 aromatic rings. The second kappa shape index (κ2) is 5.21. The third-order valence-corrected chi connectivity index (χ3v) is 4.61. The van der Waals surface area contributed by atoms with E-state index in [0.29, 0.717) is 17.9 Å². The zero-order valence-electron chi connectivity index (χ0n) is 10.9. The Morgan fingerprint density at radius 1 is 1.32 bits per heavy atom. The van der Waals surface area contributed by atoms with Gasteiger partial charge in [0, 0.05) is 6.42 Å². The Morgan fingerprint density at radius 2 is 2.00 bits per heavy atom. The van der Waals surface area contributed by atoms with Crippen LogP contribution < -0.4 is 9.47 Å². The summed E-state index contributed by atoms with van der Waals surface area (Å²) < 4.78 is 33.0. The molecule has 1 fully saturated rings. The van der Waals surface area contributed by atoms with Gasteiger partial charge in [-0.3, -0.25) is 4.79 Å². The van der Waals surface area contributed by atoms with Crippen LogP contribution in [0.2, 0.25) is 0 Å². The topological polar surface area (TPSA) is 69.7 Å². The summed E-state index contributed by atoms with van der Waals surface area (Å²) in [6.07, 6.45) is -0.00460. The smallest absolute Gasteiger partial charge is 0.161 e. The van der Waals surface area contributed by atoms with E-state index >= 15 is 0 Å². The molecule has 0 radical (unpaired) electrons. The number of ketones is 1. The highest BCUT2D eigenvalue weighted by atomic mass is 32.2. The Kier molecular flexibility index (Phi) is 3.80. The van der Waals surface area contributed by atoms with Gasteiger partial charge in [0.2, 0.25) is 0 Å². The fourth-order valence-corrected chi connectivity index (χ4v) is 3.15. The van der Waals surface area contributed by atoms with Crippen LogP contribution >= 0.6 is 0 Å². The van der Waals surface area contributed by atoms with E-state index in [1.165, 1.54) is 14.0 Å². The molecule has 0 unspecified atom stereocenters. The lowest BCUT2D eigenvalue weighted by molar-refractivity contribution is -0.116. The predicted octanol–water partition coefficient (Wildman–Crippen LogP) is 1.00. The van der Waals surface area contributed by atoms with Gasteiger partial charge >= 0.3 is 0 Å². The van der Waals surface area contributed by atoms with Crippen molar-refractivity contribution in [1.82, 2.24) is 0 Å². The Morgan fingerprint density at radius 3 is 2.53 bits per heavy atom. The minimum Gasteiger partial charge on any atom is -0.493 e. The summed E-state index contributed by atoms with van der Waals surface area (Å²) in [5.41, 5.74) is 0.825. The van der Waals surface area contributed by atoms with Crippen molar-refractivity contribution in [2.24, 2.45) is 0 Å². The van der Waals surface area contributed by atoms with Gasteiger partial charge in [-0.05, 0) is 24.6 Å². The summed E-state index contributed by atoms with van der Waals surface area (Å²) in [5.74, 6) is 1.15. The van der Waals surface area contributed by atoms with Gasteiger partial charge < -0.3 is 9.47 Å². The molecule has 6 heteroatoms. The van der Waals surface area contributed by atoms with Gasteiger partial charge in [-0.2, -0.15) is 0 Å². The number of Topliss-reactive ketones (excluding diaryl/α,β-unsaturated/α-hetero) is 1. The van der Waals surface area contributed by atoms with Crippen LogP contribution in [0.1, 0.15) is 12.5 Å². The van der Waals surface area contributed by atoms with E-state index in [9.17, 15) is 13.2 Å². The number of carbonyl (C=O) groups is 1. The minimum absolute atomic E-state index is 0.0348. The highest BCUT2D eigenvalue weighted by Crippen LogP contribution is 2.31. The Labute approximate surface area is 112 Å². The molecule has 1 aliphatic rings. The van der Waals surface area contributed by atoms with Gasteiger partial charge in [-0.1, -0.05) is 6.07 Å². The second-order valence-electron chi connectivity index (χ2n) is 4.68. The average molecular weight is 284 g/mol. The first-order valence-electron chi connectivity index (χ1n) is 5.93. The Bertz CT molecular complexity index is 579. The maximum Gasteiger partial charge on any atom is 0.161 e. The van der Waals surface area contributed by atoms with Gasteiger partial charge in [0.15, 0.2) is 21.3 Å². The lowest BCUT2D eigenvalue weighted by Crippen LogP contribution is -2.45. The summed E-state index contributed by atoms with van der Waals surface area (Å²) in [6, 6.07) is 5.25. The van der Waals surface area contributed by atoms with Gasteiger partial charge in [0.1, 0.15) is 11.9 Å². The number of ether oxygens (including phenoxy) is 2. The molecule has 1 heterocycles. The van der Waals surface area contributed by atoms with Gasteiger partial charge in [-0.25, -0.2) is 8.42 Å². The maximum atomic E-state index is 11.1. The lowest BCUT2D eigenvalue weighted by Gasteiger charge is -2.27. The number of hydrogen-bond donors (Lipinski definition) is 0. The summed E-state index contributed by atoms with van der Waals surface area (Å²) in [7, 11) is -1.40. The summed E-state index contributed by atoms with van der Waals surface area (Å²) in [5, 5.41) is 0. The van der Waals surface area contributed by atoms with Crippen molar-refractivity contribution in [2.75, 3.05) is 18.6 Å². The first kappa shape index (κ1) is 13.9. The van der Waals surface area contributed by atoms with Crippen LogP contribution in [0.3, 0.4) is 0 Å². The normalized spacial score (nSPS) is 17.6. The molecule has 0 atom stereocenters. The van der Waals surface area contributed by atoms with Crippen molar-refractivity contribution in [3.63, 3.8) is 0 Å². The fourth-order valence-electron chi connectivity index (χ4n) is 1.98. The third-order valence-electron chi connectivity index (χ3n) is 2.85. The molecule has 5 nitrogen and oxygen atoms in total. The largest absolute Gasteiger partial charge is 0.493 e. The number of sulfone groups is 1. The van der Waals surface area contributed by atoms with Crippen molar-refractivity contribution >= 4 is 15.6 Å². The molecular formula is C13H16O5S. The van der Waals surface area contributed by atoms with Crippen LogP contribution in [0.25, 0.3) is 0 Å². The Balaban J connectivity index is 2.14. The summed E-state index contributed by atoms with van der Waals surface area (Å²) in [4.78, 5) is 11.1. The molecule has 0 bridgehead atoms. The van der Waals surface area contributed by atoms with Crippen LogP contribution in [-0.4, -0.2) is 38.9 Å². The van der Waals surface area contributed by atoms with Crippen molar-refractivity contribution < 1.29 is 22.7 Å². The monoisotopic (exact) mass is 284 g/mol. The van der Waals surface area contributed by atoms with Gasteiger partial charge in [-0.15, -0.1) is 0 Å². The van der Waals surface area contributed by atoms with Crippen LogP contribution in [0, 0.1) is 0 Å². The standard InChI is InChI=1S/C13H16O5S/c1-9(14)5-10-3-4-12(17-2)13(6-10)18-11-7-19(15,16)8-11/h3-4,6,11H,5,7-8H2,1-2H3. The van der Waals surface area contributed by atoms with E-state index in [2.05, 4.69) is 0 Å². The van der Waals surface area contributed by atoms with E-state index in [1.807, 2.05) is 0 Å². The van der Waals surface area contributed by atoms with E-state index in [-0.39, 0.29) is 23.4 Å². The van der Waals surface area contributed by atoms with Crippen molar-refractivity contribution in [2.45, 2.75) is 19.4 Å². The molecule has 0 N–H and O–H groups in total. The second-order valence-corrected chi connectivity index (χ2v) is 6.83. The quantitative estimate of drug-likeness (QED) is 0.807. The van der Waals surface area contributed by atoms with Crippen LogP contribution in [0.5, 0.6) is 11.5 Å². The molecule has 2 rings (SSSR count). The molecule has 0 amide bonds. The zero-order chi connectivity index (χ0) is 14.0. The van der Waals surface area contributed by atoms with Crippen LogP contribution in [0.15, 0.2) is 18.2 Å². The molecule has 0 spiro atoms. The predicted molar refractivity (Wildman–Crippen MR) is 70.4 cm³/mol. The van der Waals surface area contributed by atoms with E-state index in [4.69, 9.17) is 9.47 Å². The first-order valence-corrected chi connectivity index (χ1v) is 7.75. The average Bonchev–Trinajstić information content (AvgIpc) is 2.26. The van der Waals surface area contributed by atoms with Crippen molar-refractivity contribution in [1.29, 1.82) is 0 Å². The van der Waals surface area contributed by atoms with Crippen molar-refractivity contribution in [3.8, 4) is 11.5 Å². The molecule has 104 valence electrons. The number of benzene rings is 1. The van der Waals surface area contributed by atoms with E-state index in [0.717, 1.165) is 5.56 Å². The number of rotatable bonds is 5. The van der Waals surface area contributed by atoms with Crippen molar-refractivity contribution in [3.05, 3.63) is 23.8 Å². The highest BCUT2D eigenvalue weighted by molar-refractivity contribution is 7.92. The molecule has 0 saturated carbocycles. The summed E-state index contributed by atoms with van der Waals surface area (Å²) >= 11 is 0. The van der Waals surface area contributed by atoms with E-state index in [1.54, 1.807) is 18.2 Å². The zero-order valence-corrected chi connectivity index (χ0v) is 11.7. The molecule has 1 aromatic carbocycles. The molecular weight excluding hydrogens is 268 g/mol. The molecule has 0 aliphatic carbocycles. The highest BCUT2D eigenvalue weighted by Gasteiger charge is 2.35. The van der Waals surface area contributed by atoms with E-state index < -0.39 is 9.84 Å². The lowest BCUT2D eigenvalue weighted by atomic mass is 10.1. The van der Waals surface area contributed by atoms with Gasteiger partial charge in [0.25, 0.3) is 0 Å². The number of methoxy groups -OCH3 is 1. The number of carbonyl (C=O) groups excluding carboxylic acids is 1. The van der Waals surface area contributed by atoms with Crippen LogP contribution in [-0.2, 0) is 21.1 Å². The van der Waals surface area contributed by atoms with Gasteiger partial charge in [0.05, 0.1) is 18.6 Å². The Hall–Kier alpha value is -1.56. The molecule has 0 aromatic heterocycles. The maximum absolute atomic E-state index is 11.1. The fraction of sp³-hybridized carbons (Fsp3) is 0.462. The minimum atomic E-state index is -2.92. The summed E-state index contributed by atoms with van der Waals surface area (Å²) in [6.45, 7) is 1.52. The molecule has 1 saturated heterocycles. The molecule has 19 heavy (non-hydrogen) atoms. The first-order chi connectivity index (χ1) is 8.89.